The van der Waals surface area contributed by atoms with E-state index < -0.39 is 17.4 Å². The first-order valence-corrected chi connectivity index (χ1v) is 6.37. The zero-order chi connectivity index (χ0) is 15.2. The molecular weight excluding hydrogens is 274 g/mol. The Morgan fingerprint density at radius 3 is 2.76 bits per heavy atom. The van der Waals surface area contributed by atoms with Crippen molar-refractivity contribution in [3.05, 3.63) is 42.0 Å². The fraction of sp³-hybridized carbons (Fsp3) is 0.267. The molecule has 1 atom stereocenters. The fourth-order valence-corrected chi connectivity index (χ4v) is 2.83. The number of cyclic esters (lactones) is 1. The summed E-state index contributed by atoms with van der Waals surface area (Å²) in [7, 11) is 1.26. The molecule has 2 heterocycles. The third-order valence-corrected chi connectivity index (χ3v) is 3.96. The molecule has 0 unspecified atom stereocenters. The number of rotatable bonds is 2. The number of hydrogen-bond donors (Lipinski definition) is 0. The first-order valence-electron chi connectivity index (χ1n) is 6.37. The Morgan fingerprint density at radius 1 is 1.43 bits per heavy atom. The van der Waals surface area contributed by atoms with Crippen molar-refractivity contribution in [2.45, 2.75) is 5.41 Å². The summed E-state index contributed by atoms with van der Waals surface area (Å²) in [5.74, 6) is -1.51. The summed E-state index contributed by atoms with van der Waals surface area (Å²) in [5.41, 5.74) is 0.0937. The molecule has 108 valence electrons. The van der Waals surface area contributed by atoms with Crippen LogP contribution in [-0.2, 0) is 29.3 Å². The van der Waals surface area contributed by atoms with Crippen LogP contribution in [0.15, 0.2) is 36.4 Å². The molecule has 1 amide bonds. The van der Waals surface area contributed by atoms with Crippen LogP contribution in [0.4, 0.5) is 5.69 Å². The summed E-state index contributed by atoms with van der Waals surface area (Å²) in [5, 5.41) is 0. The molecule has 1 saturated heterocycles. The van der Waals surface area contributed by atoms with E-state index in [1.807, 2.05) is 0 Å². The lowest BCUT2D eigenvalue weighted by Crippen LogP contribution is -2.44. The summed E-state index contributed by atoms with van der Waals surface area (Å²) in [6, 6.07) is 7.00. The Kier molecular flexibility index (Phi) is 2.83. The maximum Gasteiger partial charge on any atom is 0.335 e. The summed E-state index contributed by atoms with van der Waals surface area (Å²) < 4.78 is 9.63. The number of para-hydroxylation sites is 1. The van der Waals surface area contributed by atoms with Gasteiger partial charge in [-0.2, -0.15) is 0 Å². The molecule has 1 aromatic rings. The van der Waals surface area contributed by atoms with E-state index in [0.29, 0.717) is 11.3 Å². The molecule has 1 aromatic carbocycles. The Morgan fingerprint density at radius 2 is 2.14 bits per heavy atom. The highest BCUT2D eigenvalue weighted by molar-refractivity contribution is 6.18. The minimum Gasteiger partial charge on any atom is -0.468 e. The van der Waals surface area contributed by atoms with Gasteiger partial charge >= 0.3 is 11.9 Å². The van der Waals surface area contributed by atoms with Gasteiger partial charge in [-0.1, -0.05) is 24.8 Å². The number of fused-ring (bicyclic) bond motifs is 2. The zero-order valence-electron chi connectivity index (χ0n) is 11.4. The number of benzene rings is 1. The second-order valence-electron chi connectivity index (χ2n) is 4.94. The lowest BCUT2D eigenvalue weighted by Gasteiger charge is -2.21. The van der Waals surface area contributed by atoms with Crippen LogP contribution in [-0.4, -0.2) is 38.1 Å². The predicted octanol–water partition coefficient (Wildman–Crippen LogP) is 0.557. The Bertz CT molecular complexity index is 680. The summed E-state index contributed by atoms with van der Waals surface area (Å²) in [4.78, 5) is 37.4. The molecule has 0 bridgehead atoms. The van der Waals surface area contributed by atoms with Gasteiger partial charge in [0.2, 0.25) is 5.91 Å². The number of carbonyl (C=O) groups excluding carboxylic acids is 3. The molecule has 6 heteroatoms. The van der Waals surface area contributed by atoms with E-state index in [-0.39, 0.29) is 24.6 Å². The number of carbonyl (C=O) groups is 3. The lowest BCUT2D eigenvalue weighted by atomic mass is 9.78. The first kappa shape index (κ1) is 13.4. The van der Waals surface area contributed by atoms with Gasteiger partial charge in [0.05, 0.1) is 12.7 Å². The van der Waals surface area contributed by atoms with Gasteiger partial charge in [0.1, 0.15) is 18.6 Å². The van der Waals surface area contributed by atoms with Gasteiger partial charge in [-0.05, 0) is 11.6 Å². The summed E-state index contributed by atoms with van der Waals surface area (Å²) in [6.45, 7) is 3.42. The molecule has 1 spiro atoms. The molecule has 6 nitrogen and oxygen atoms in total. The predicted molar refractivity (Wildman–Crippen MR) is 72.6 cm³/mol. The molecule has 21 heavy (non-hydrogen) atoms. The molecule has 0 aromatic heterocycles. The van der Waals surface area contributed by atoms with Crippen LogP contribution >= 0.6 is 0 Å². The normalized spacial score (nSPS) is 23.5. The van der Waals surface area contributed by atoms with Gasteiger partial charge in [-0.15, -0.1) is 0 Å². The number of hydrogen-bond acceptors (Lipinski definition) is 5. The van der Waals surface area contributed by atoms with E-state index in [9.17, 15) is 14.4 Å². The smallest absolute Gasteiger partial charge is 0.335 e. The maximum absolute atomic E-state index is 12.8. The minimum absolute atomic E-state index is 0.0851. The van der Waals surface area contributed by atoms with Crippen molar-refractivity contribution in [2.75, 3.05) is 25.2 Å². The van der Waals surface area contributed by atoms with E-state index in [2.05, 4.69) is 11.3 Å². The highest BCUT2D eigenvalue weighted by atomic mass is 16.5. The van der Waals surface area contributed by atoms with Crippen LogP contribution in [0.3, 0.4) is 0 Å². The molecule has 0 aliphatic carbocycles. The number of methoxy groups -OCH3 is 1. The van der Waals surface area contributed by atoms with Gasteiger partial charge in [-0.3, -0.25) is 14.5 Å². The van der Waals surface area contributed by atoms with E-state index in [0.717, 1.165) is 0 Å². The average molecular weight is 287 g/mol. The molecule has 1 fully saturated rings. The third kappa shape index (κ3) is 1.62. The second kappa shape index (κ2) is 4.44. The zero-order valence-corrected chi connectivity index (χ0v) is 11.4. The molecule has 3 rings (SSSR count). The van der Waals surface area contributed by atoms with Crippen molar-refractivity contribution in [2.24, 2.45) is 0 Å². The van der Waals surface area contributed by atoms with Crippen LogP contribution in [0, 0.1) is 0 Å². The van der Waals surface area contributed by atoms with Gasteiger partial charge < -0.3 is 9.47 Å². The molecule has 0 radical (unpaired) electrons. The van der Waals surface area contributed by atoms with Crippen LogP contribution in [0.25, 0.3) is 0 Å². The topological polar surface area (TPSA) is 72.9 Å². The second-order valence-corrected chi connectivity index (χ2v) is 4.94. The molecule has 0 N–H and O–H groups in total. The van der Waals surface area contributed by atoms with Crippen molar-refractivity contribution >= 4 is 23.5 Å². The number of anilines is 1. The third-order valence-electron chi connectivity index (χ3n) is 3.96. The highest BCUT2D eigenvalue weighted by Gasteiger charge is 2.59. The first-order chi connectivity index (χ1) is 10.0. The quantitative estimate of drug-likeness (QED) is 0.587. The Hall–Kier alpha value is -2.63. The van der Waals surface area contributed by atoms with E-state index in [1.165, 1.54) is 12.0 Å². The molecular formula is C15H13NO5. The highest BCUT2D eigenvalue weighted by Crippen LogP contribution is 2.48. The van der Waals surface area contributed by atoms with Crippen molar-refractivity contribution in [1.29, 1.82) is 0 Å². The van der Waals surface area contributed by atoms with Crippen molar-refractivity contribution in [1.82, 2.24) is 0 Å². The van der Waals surface area contributed by atoms with Crippen molar-refractivity contribution < 1.29 is 23.9 Å². The Balaban J connectivity index is 2.13. The van der Waals surface area contributed by atoms with Gasteiger partial charge in [0.25, 0.3) is 0 Å². The van der Waals surface area contributed by atoms with E-state index in [1.54, 1.807) is 24.3 Å². The number of ether oxygens (including phenoxy) is 2. The summed E-state index contributed by atoms with van der Waals surface area (Å²) in [6.07, 6.45) is 0. The summed E-state index contributed by atoms with van der Waals surface area (Å²) >= 11 is 0. The van der Waals surface area contributed by atoms with Crippen LogP contribution < -0.4 is 4.90 Å². The van der Waals surface area contributed by atoms with Crippen LogP contribution in [0.5, 0.6) is 0 Å². The van der Waals surface area contributed by atoms with Crippen LogP contribution in [0.1, 0.15) is 5.56 Å². The Labute approximate surface area is 120 Å². The standard InChI is InChI=1S/C15H13NO5/c1-9-13(18)21-8-15(9)10-5-3-4-6-11(10)16(14(15)19)7-12(17)20-2/h3-6H,1,7-8H2,2H3/t15-/m1/s1. The van der Waals surface area contributed by atoms with Gasteiger partial charge in [0.15, 0.2) is 0 Å². The van der Waals surface area contributed by atoms with Crippen molar-refractivity contribution in [3.8, 4) is 0 Å². The average Bonchev–Trinajstić information content (AvgIpc) is 2.92. The van der Waals surface area contributed by atoms with Gasteiger partial charge in [-0.25, -0.2) is 4.79 Å². The largest absolute Gasteiger partial charge is 0.468 e. The fourth-order valence-electron chi connectivity index (χ4n) is 2.83. The lowest BCUT2D eigenvalue weighted by molar-refractivity contribution is -0.140. The molecule has 2 aliphatic heterocycles. The monoisotopic (exact) mass is 287 g/mol. The number of nitrogens with zero attached hydrogens (tertiary/aromatic N) is 1. The number of amides is 1. The maximum atomic E-state index is 12.8. The van der Waals surface area contributed by atoms with E-state index in [4.69, 9.17) is 4.74 Å². The van der Waals surface area contributed by atoms with Crippen molar-refractivity contribution in [3.63, 3.8) is 0 Å². The van der Waals surface area contributed by atoms with Gasteiger partial charge in [0, 0.05) is 5.69 Å². The van der Waals surface area contributed by atoms with E-state index >= 15 is 0 Å². The van der Waals surface area contributed by atoms with Crippen LogP contribution in [0.2, 0.25) is 0 Å². The minimum atomic E-state index is -1.22. The number of esters is 2. The molecule has 0 saturated carbocycles. The SMILES string of the molecule is C=C1C(=O)OC[C@@]12C(=O)N(CC(=O)OC)c1ccccc12. The molecule has 2 aliphatic rings.